The molecule has 13 heavy (non-hydrogen) atoms. The van der Waals surface area contributed by atoms with Gasteiger partial charge in [0.2, 0.25) is 0 Å². The maximum absolute atomic E-state index is 11.9. The Labute approximate surface area is 85.2 Å². The zero-order valence-electron chi connectivity index (χ0n) is 9.79. The summed E-state index contributed by atoms with van der Waals surface area (Å²) in [6.45, 7) is 9.91. The minimum absolute atomic E-state index is 0.755. The van der Waals surface area contributed by atoms with E-state index in [1.54, 1.807) is 0 Å². The van der Waals surface area contributed by atoms with E-state index >= 15 is 0 Å². The summed E-state index contributed by atoms with van der Waals surface area (Å²) in [5.74, 6) is 4.15. The minimum atomic E-state index is -4.25. The average molecular weight is 230 g/mol. The molecule has 0 rings (SSSR count). The first-order valence-electron chi connectivity index (χ1n) is 4.87. The van der Waals surface area contributed by atoms with Gasteiger partial charge in [0.25, 0.3) is 0 Å². The van der Waals surface area contributed by atoms with Crippen LogP contribution < -0.4 is 0 Å². The number of hydrogen-bond acceptors (Lipinski definition) is 0. The van der Waals surface area contributed by atoms with E-state index in [2.05, 4.69) is 20.8 Å². The molecule has 0 bridgehead atoms. The summed E-state index contributed by atoms with van der Waals surface area (Å²) >= 11 is 0. The van der Waals surface area contributed by atoms with Crippen molar-refractivity contribution in [3.8, 4) is 0 Å². The molecule has 0 heterocycles. The van der Waals surface area contributed by atoms with Crippen molar-refractivity contribution in [2.75, 3.05) is 17.3 Å². The molecule has 0 radical (unpaired) electrons. The quantitative estimate of drug-likeness (QED) is 0.392. The molecule has 0 aliphatic carbocycles. The van der Waals surface area contributed by atoms with E-state index in [4.69, 9.17) is 0 Å². The van der Waals surface area contributed by atoms with E-state index in [1.807, 2.05) is 0 Å². The summed E-state index contributed by atoms with van der Waals surface area (Å²) in [4.78, 5) is 0. The van der Waals surface area contributed by atoms with Crippen molar-refractivity contribution in [1.29, 1.82) is 0 Å². The molecule has 0 amide bonds. The van der Waals surface area contributed by atoms with Gasteiger partial charge >= 0.3 is 35.9 Å². The summed E-state index contributed by atoms with van der Waals surface area (Å²) in [6, 6.07) is 0. The molecule has 0 atom stereocenters. The molecule has 0 nitrogen and oxygen atoms in total. The topological polar surface area (TPSA) is 0 Å². The SMILES string of the molecule is CC[S+](CC)CC.C[Si-](C)(C)(F)F. The fourth-order valence-corrected chi connectivity index (χ4v) is 1.84. The first kappa shape index (κ1) is 15.9. The van der Waals surface area contributed by atoms with E-state index in [9.17, 15) is 8.22 Å². The Hall–Kier alpha value is 0.427. The molecule has 84 valence electrons. The molecule has 0 fully saturated rings. The van der Waals surface area contributed by atoms with Crippen LogP contribution in [0, 0.1) is 0 Å². The zero-order chi connectivity index (χ0) is 11.1. The van der Waals surface area contributed by atoms with Gasteiger partial charge in [0.1, 0.15) is 17.3 Å². The molecular weight excluding hydrogens is 206 g/mol. The van der Waals surface area contributed by atoms with Crippen molar-refractivity contribution in [3.63, 3.8) is 0 Å². The second kappa shape index (κ2) is 6.01. The van der Waals surface area contributed by atoms with Gasteiger partial charge in [-0.3, -0.25) is 0 Å². The van der Waals surface area contributed by atoms with Crippen LogP contribution in [0.15, 0.2) is 0 Å². The van der Waals surface area contributed by atoms with Crippen molar-refractivity contribution in [2.24, 2.45) is 0 Å². The number of rotatable bonds is 3. The molecular formula is C9H24F2SSi. The molecule has 0 aromatic rings. The van der Waals surface area contributed by atoms with E-state index < -0.39 is 8.02 Å². The van der Waals surface area contributed by atoms with Gasteiger partial charge in [-0.2, -0.15) is 0 Å². The molecule has 0 aliphatic rings. The first-order valence-corrected chi connectivity index (χ1v) is 10.4. The molecule has 0 saturated carbocycles. The van der Waals surface area contributed by atoms with Gasteiger partial charge in [-0.05, 0) is 31.7 Å². The van der Waals surface area contributed by atoms with Crippen LogP contribution in [-0.4, -0.2) is 25.3 Å². The predicted molar refractivity (Wildman–Crippen MR) is 64.6 cm³/mol. The molecule has 4 heteroatoms. The van der Waals surface area contributed by atoms with E-state index in [1.165, 1.54) is 17.3 Å². The summed E-state index contributed by atoms with van der Waals surface area (Å²) in [5.41, 5.74) is 0. The van der Waals surface area contributed by atoms with Crippen molar-refractivity contribution in [3.05, 3.63) is 0 Å². The third kappa shape index (κ3) is 32.7. The zero-order valence-corrected chi connectivity index (χ0v) is 11.6. The Morgan fingerprint density at radius 3 is 1.00 bits per heavy atom. The Morgan fingerprint density at radius 1 is 0.846 bits per heavy atom. The molecule has 0 aromatic carbocycles. The molecule has 0 aliphatic heterocycles. The average Bonchev–Trinajstić information content (AvgIpc) is 1.86. The molecule has 0 aromatic heterocycles. The molecule has 0 N–H and O–H groups in total. The standard InChI is InChI=1S/C6H15S.C3H9F2Si/c1-4-7(5-2)6-3;1-6(2,3,4)5/h4-6H2,1-3H3;1-3H3/q+1;-1. The van der Waals surface area contributed by atoms with Crippen molar-refractivity contribution in [2.45, 2.75) is 40.4 Å². The van der Waals surface area contributed by atoms with Gasteiger partial charge in [0.05, 0.1) is 0 Å². The fourth-order valence-electron chi connectivity index (χ4n) is 0.612. The van der Waals surface area contributed by atoms with Gasteiger partial charge in [0, 0.05) is 0 Å². The third-order valence-electron chi connectivity index (χ3n) is 1.22. The van der Waals surface area contributed by atoms with Crippen LogP contribution in [0.1, 0.15) is 20.8 Å². The third-order valence-corrected chi connectivity index (χ3v) is 3.67. The second-order valence-electron chi connectivity index (χ2n) is 4.18. The number of hydrogen-bond donors (Lipinski definition) is 0. The normalized spacial score (nSPS) is 14.4. The predicted octanol–water partition coefficient (Wildman–Crippen LogP) is 3.88. The van der Waals surface area contributed by atoms with Crippen LogP contribution >= 0.6 is 0 Å². The van der Waals surface area contributed by atoms with Crippen molar-refractivity contribution in [1.82, 2.24) is 0 Å². The first-order chi connectivity index (χ1) is 5.58. The van der Waals surface area contributed by atoms with E-state index in [0.29, 0.717) is 0 Å². The van der Waals surface area contributed by atoms with Crippen LogP contribution in [0.2, 0.25) is 19.6 Å². The van der Waals surface area contributed by atoms with Gasteiger partial charge in [0.15, 0.2) is 0 Å². The van der Waals surface area contributed by atoms with Crippen molar-refractivity contribution >= 4 is 18.9 Å². The Balaban J connectivity index is 0. The summed E-state index contributed by atoms with van der Waals surface area (Å²) in [5, 5.41) is 0. The van der Waals surface area contributed by atoms with Crippen LogP contribution in [0.4, 0.5) is 8.22 Å². The van der Waals surface area contributed by atoms with Crippen LogP contribution in [0.3, 0.4) is 0 Å². The molecule has 0 spiro atoms. The second-order valence-corrected chi connectivity index (χ2v) is 12.6. The van der Waals surface area contributed by atoms with Gasteiger partial charge in [-0.25, -0.2) is 0 Å². The Morgan fingerprint density at radius 2 is 1.00 bits per heavy atom. The Kier molecular flexibility index (Phi) is 7.35. The van der Waals surface area contributed by atoms with Crippen LogP contribution in [0.5, 0.6) is 0 Å². The van der Waals surface area contributed by atoms with Crippen molar-refractivity contribution < 1.29 is 8.22 Å². The molecule has 0 unspecified atom stereocenters. The molecule has 0 saturated heterocycles. The van der Waals surface area contributed by atoms with E-state index in [-0.39, 0.29) is 0 Å². The summed E-state index contributed by atoms with van der Waals surface area (Å²) in [7, 11) is -3.50. The Bertz CT molecular complexity index is 103. The van der Waals surface area contributed by atoms with Crippen LogP contribution in [-0.2, 0) is 10.9 Å². The van der Waals surface area contributed by atoms with E-state index in [0.717, 1.165) is 30.5 Å². The monoisotopic (exact) mass is 230 g/mol. The maximum atomic E-state index is 11.9. The van der Waals surface area contributed by atoms with Gasteiger partial charge in [-0.1, -0.05) is 0 Å². The fraction of sp³-hybridized carbons (Fsp3) is 1.00. The van der Waals surface area contributed by atoms with Gasteiger partial charge in [-0.15, -0.1) is 0 Å². The summed E-state index contributed by atoms with van der Waals surface area (Å²) in [6.07, 6.45) is 0. The van der Waals surface area contributed by atoms with Crippen LogP contribution in [0.25, 0.3) is 0 Å². The number of halogens is 2. The van der Waals surface area contributed by atoms with Gasteiger partial charge < -0.3 is 0 Å². The summed E-state index contributed by atoms with van der Waals surface area (Å²) < 4.78 is 23.7.